The van der Waals surface area contributed by atoms with E-state index in [1.165, 1.54) is 17.1 Å². The van der Waals surface area contributed by atoms with Crippen LogP contribution < -0.4 is 5.32 Å². The maximum atomic E-state index is 12.7. The fourth-order valence-corrected chi connectivity index (χ4v) is 5.22. The number of nitrogens with zero attached hydrogens (tertiary/aromatic N) is 1. The Morgan fingerprint density at radius 1 is 1.33 bits per heavy atom. The molecule has 0 aromatic heterocycles. The van der Waals surface area contributed by atoms with Gasteiger partial charge in [-0.1, -0.05) is 18.9 Å². The largest absolute Gasteiger partial charge is 0.316 e. The molecule has 118 valence electrons. The minimum absolute atomic E-state index is 0.350. The number of hydrogen-bond acceptors (Lipinski definition) is 3. The van der Waals surface area contributed by atoms with Crippen LogP contribution in [0.15, 0.2) is 27.6 Å². The van der Waals surface area contributed by atoms with Crippen LogP contribution in [0.5, 0.6) is 0 Å². The van der Waals surface area contributed by atoms with Gasteiger partial charge < -0.3 is 5.32 Å². The molecule has 0 atom stereocenters. The summed E-state index contributed by atoms with van der Waals surface area (Å²) >= 11 is 3.40. The van der Waals surface area contributed by atoms with E-state index >= 15 is 0 Å². The molecule has 1 aromatic rings. The van der Waals surface area contributed by atoms with Crippen LogP contribution in [-0.2, 0) is 16.6 Å². The molecule has 0 saturated heterocycles. The molecule has 1 aliphatic rings. The molecule has 0 bridgehead atoms. The average molecular weight is 375 g/mol. The van der Waals surface area contributed by atoms with Crippen LogP contribution in [0.4, 0.5) is 0 Å². The Bertz CT molecular complexity index is 583. The second-order valence-electron chi connectivity index (χ2n) is 5.73. The number of sulfonamides is 1. The van der Waals surface area contributed by atoms with Crippen LogP contribution in [0.3, 0.4) is 0 Å². The molecule has 1 fully saturated rings. The smallest absolute Gasteiger partial charge is 0.243 e. The zero-order valence-corrected chi connectivity index (χ0v) is 15.0. The zero-order chi connectivity index (χ0) is 15.5. The molecule has 1 aliphatic carbocycles. The van der Waals surface area contributed by atoms with Gasteiger partial charge in [-0.15, -0.1) is 0 Å². The van der Waals surface area contributed by atoms with E-state index < -0.39 is 10.0 Å². The summed E-state index contributed by atoms with van der Waals surface area (Å²) < 4.78 is 27.5. The van der Waals surface area contributed by atoms with Crippen molar-refractivity contribution in [1.82, 2.24) is 9.62 Å². The van der Waals surface area contributed by atoms with Crippen LogP contribution >= 0.6 is 15.9 Å². The van der Waals surface area contributed by atoms with Crippen LogP contribution in [0, 0.1) is 5.92 Å². The topological polar surface area (TPSA) is 49.4 Å². The van der Waals surface area contributed by atoms with Crippen molar-refractivity contribution in [2.24, 2.45) is 5.92 Å². The second kappa shape index (κ2) is 7.22. The van der Waals surface area contributed by atoms with Gasteiger partial charge in [-0.2, -0.15) is 0 Å². The lowest BCUT2D eigenvalue weighted by atomic mass is 10.1. The fraction of sp³-hybridized carbons (Fsp3) is 0.600. The maximum Gasteiger partial charge on any atom is 0.243 e. The van der Waals surface area contributed by atoms with E-state index in [1.54, 1.807) is 13.1 Å². The van der Waals surface area contributed by atoms with Gasteiger partial charge in [0.1, 0.15) is 0 Å². The minimum atomic E-state index is -3.42. The number of hydrogen-bond donors (Lipinski definition) is 1. The monoisotopic (exact) mass is 374 g/mol. The molecule has 0 radical (unpaired) electrons. The Labute approximate surface area is 136 Å². The van der Waals surface area contributed by atoms with Crippen molar-refractivity contribution in [2.75, 3.05) is 20.6 Å². The molecule has 1 N–H and O–H groups in total. The maximum absolute atomic E-state index is 12.7. The van der Waals surface area contributed by atoms with Gasteiger partial charge in [-0.05, 0) is 59.4 Å². The zero-order valence-electron chi connectivity index (χ0n) is 12.6. The molecule has 0 amide bonds. The first-order valence-corrected chi connectivity index (χ1v) is 9.58. The number of nitrogens with one attached hydrogen (secondary N) is 1. The van der Waals surface area contributed by atoms with Crippen molar-refractivity contribution in [3.05, 3.63) is 28.2 Å². The van der Waals surface area contributed by atoms with Crippen LogP contribution in [0.25, 0.3) is 0 Å². The lowest BCUT2D eigenvalue weighted by molar-refractivity contribution is 0.387. The van der Waals surface area contributed by atoms with Crippen LogP contribution in [0.2, 0.25) is 0 Å². The summed E-state index contributed by atoms with van der Waals surface area (Å²) in [6.45, 7) is 1.34. The third-order valence-electron chi connectivity index (χ3n) is 4.06. The molecule has 0 unspecified atom stereocenters. The van der Waals surface area contributed by atoms with Crippen LogP contribution in [-0.4, -0.2) is 33.4 Å². The van der Waals surface area contributed by atoms with Crippen molar-refractivity contribution >= 4 is 26.0 Å². The van der Waals surface area contributed by atoms with Crippen molar-refractivity contribution in [2.45, 2.75) is 37.1 Å². The highest BCUT2D eigenvalue weighted by molar-refractivity contribution is 9.10. The predicted molar refractivity (Wildman–Crippen MR) is 88.7 cm³/mol. The van der Waals surface area contributed by atoms with Gasteiger partial charge in [-0.25, -0.2) is 12.7 Å². The van der Waals surface area contributed by atoms with E-state index in [0.717, 1.165) is 24.9 Å². The first-order chi connectivity index (χ1) is 9.95. The van der Waals surface area contributed by atoms with Gasteiger partial charge in [0, 0.05) is 24.6 Å². The molecule has 4 nitrogen and oxygen atoms in total. The molecule has 1 saturated carbocycles. The van der Waals surface area contributed by atoms with Gasteiger partial charge in [0.15, 0.2) is 0 Å². The minimum Gasteiger partial charge on any atom is -0.316 e. The molecule has 6 heteroatoms. The first kappa shape index (κ1) is 16.9. The Morgan fingerprint density at radius 2 is 2.00 bits per heavy atom. The van der Waals surface area contributed by atoms with E-state index in [2.05, 4.69) is 21.2 Å². The van der Waals surface area contributed by atoms with Crippen LogP contribution in [0.1, 0.15) is 31.2 Å². The first-order valence-electron chi connectivity index (χ1n) is 7.34. The summed E-state index contributed by atoms with van der Waals surface area (Å²) in [6, 6.07) is 5.42. The molecule has 2 rings (SSSR count). The van der Waals surface area contributed by atoms with E-state index in [4.69, 9.17) is 0 Å². The fourth-order valence-electron chi connectivity index (χ4n) is 2.89. The summed E-state index contributed by atoms with van der Waals surface area (Å²) in [7, 11) is 0.128. The molecule has 21 heavy (non-hydrogen) atoms. The summed E-state index contributed by atoms with van der Waals surface area (Å²) in [5, 5.41) is 3.06. The number of halogens is 1. The summed E-state index contributed by atoms with van der Waals surface area (Å²) in [5.41, 5.74) is 1.06. The molecule has 0 aliphatic heterocycles. The van der Waals surface area contributed by atoms with E-state index in [1.807, 2.05) is 19.2 Å². The lowest BCUT2D eigenvalue weighted by Crippen LogP contribution is -2.31. The molecular formula is C15H23BrN2O2S. The standard InChI is InChI=1S/C15H23BrN2O2S/c1-17-10-13-7-8-15(14(16)9-13)21(19,20)18(2)11-12-5-3-4-6-12/h7-9,12,17H,3-6,10-11H2,1-2H3. The Hall–Kier alpha value is -0.430. The normalized spacial score (nSPS) is 16.8. The Kier molecular flexibility index (Phi) is 5.82. The average Bonchev–Trinajstić information content (AvgIpc) is 2.91. The third kappa shape index (κ3) is 4.06. The number of benzene rings is 1. The molecular weight excluding hydrogens is 352 g/mol. The van der Waals surface area contributed by atoms with E-state index in [0.29, 0.717) is 21.8 Å². The van der Waals surface area contributed by atoms with Crippen molar-refractivity contribution in [3.63, 3.8) is 0 Å². The number of rotatable bonds is 6. The predicted octanol–water partition coefficient (Wildman–Crippen LogP) is 2.98. The van der Waals surface area contributed by atoms with Crippen molar-refractivity contribution < 1.29 is 8.42 Å². The molecule has 0 spiro atoms. The molecule has 0 heterocycles. The Morgan fingerprint density at radius 3 is 2.57 bits per heavy atom. The third-order valence-corrected chi connectivity index (χ3v) is 6.86. The van der Waals surface area contributed by atoms with E-state index in [-0.39, 0.29) is 0 Å². The van der Waals surface area contributed by atoms with Gasteiger partial charge in [0.25, 0.3) is 0 Å². The SMILES string of the molecule is CNCc1ccc(S(=O)(=O)N(C)CC2CCCC2)c(Br)c1. The highest BCUT2D eigenvalue weighted by Crippen LogP contribution is 2.29. The molecule has 1 aromatic carbocycles. The van der Waals surface area contributed by atoms with Crippen molar-refractivity contribution in [1.29, 1.82) is 0 Å². The quantitative estimate of drug-likeness (QED) is 0.832. The summed E-state index contributed by atoms with van der Waals surface area (Å²) in [4.78, 5) is 0.350. The summed E-state index contributed by atoms with van der Waals surface area (Å²) in [6.07, 6.45) is 4.73. The highest BCUT2D eigenvalue weighted by atomic mass is 79.9. The van der Waals surface area contributed by atoms with E-state index in [9.17, 15) is 8.42 Å². The van der Waals surface area contributed by atoms with Gasteiger partial charge in [0.05, 0.1) is 4.90 Å². The Balaban J connectivity index is 2.17. The second-order valence-corrected chi connectivity index (χ2v) is 8.60. The highest BCUT2D eigenvalue weighted by Gasteiger charge is 2.27. The van der Waals surface area contributed by atoms with Gasteiger partial charge in [-0.3, -0.25) is 0 Å². The van der Waals surface area contributed by atoms with Gasteiger partial charge >= 0.3 is 0 Å². The summed E-state index contributed by atoms with van der Waals surface area (Å²) in [5.74, 6) is 0.507. The lowest BCUT2D eigenvalue weighted by Gasteiger charge is -2.21. The van der Waals surface area contributed by atoms with Crippen molar-refractivity contribution in [3.8, 4) is 0 Å². The van der Waals surface area contributed by atoms with Gasteiger partial charge in [0.2, 0.25) is 10.0 Å².